The van der Waals surface area contributed by atoms with Crippen molar-refractivity contribution in [1.29, 1.82) is 0 Å². The normalized spacial score (nSPS) is 10.4. The van der Waals surface area contributed by atoms with Crippen molar-refractivity contribution < 1.29 is 18.7 Å². The van der Waals surface area contributed by atoms with E-state index in [1.807, 2.05) is 0 Å². The number of nitrogens with one attached hydrogen (secondary N) is 1. The predicted molar refractivity (Wildman–Crippen MR) is 54.0 cm³/mol. The van der Waals surface area contributed by atoms with Gasteiger partial charge in [0.05, 0.1) is 16.6 Å². The second-order valence-electron chi connectivity index (χ2n) is 2.83. The standard InChI is InChI=1S/C9H8BrF2NO2/c1-13-3-6(15)7-5(14)2-4(11)8(10)9(7)12/h2,13-14H,3H2,1H3. The molecule has 0 radical (unpaired) electrons. The number of phenols is 1. The zero-order valence-corrected chi connectivity index (χ0v) is 9.36. The van der Waals surface area contributed by atoms with Gasteiger partial charge >= 0.3 is 0 Å². The summed E-state index contributed by atoms with van der Waals surface area (Å²) in [6, 6.07) is 0.691. The number of benzene rings is 1. The number of carbonyl (C=O) groups is 1. The fourth-order valence-corrected chi connectivity index (χ4v) is 1.41. The topological polar surface area (TPSA) is 49.3 Å². The van der Waals surface area contributed by atoms with E-state index in [1.165, 1.54) is 7.05 Å². The highest BCUT2D eigenvalue weighted by molar-refractivity contribution is 9.10. The van der Waals surface area contributed by atoms with Crippen molar-refractivity contribution in [2.45, 2.75) is 0 Å². The van der Waals surface area contributed by atoms with Crippen LogP contribution in [0.5, 0.6) is 5.75 Å². The third-order valence-corrected chi connectivity index (χ3v) is 2.48. The van der Waals surface area contributed by atoms with Crippen LogP contribution in [0.15, 0.2) is 10.5 Å². The number of aromatic hydroxyl groups is 1. The van der Waals surface area contributed by atoms with Gasteiger partial charge < -0.3 is 10.4 Å². The predicted octanol–water partition coefficient (Wildman–Crippen LogP) is 1.83. The highest BCUT2D eigenvalue weighted by Gasteiger charge is 2.21. The van der Waals surface area contributed by atoms with E-state index >= 15 is 0 Å². The first-order valence-electron chi connectivity index (χ1n) is 4.03. The number of Topliss-reactive ketones (excluding diaryl/α,β-unsaturated/α-hetero) is 1. The van der Waals surface area contributed by atoms with Crippen LogP contribution in [0.3, 0.4) is 0 Å². The number of phenolic OH excluding ortho intramolecular Hbond substituents is 1. The van der Waals surface area contributed by atoms with Gasteiger partial charge in [-0.15, -0.1) is 0 Å². The molecule has 0 amide bonds. The molecule has 0 aliphatic carbocycles. The quantitative estimate of drug-likeness (QED) is 0.656. The molecule has 0 bridgehead atoms. The van der Waals surface area contributed by atoms with Crippen LogP contribution in [0.1, 0.15) is 10.4 Å². The molecule has 0 saturated heterocycles. The minimum atomic E-state index is -1.09. The Labute approximate surface area is 93.2 Å². The summed E-state index contributed by atoms with van der Waals surface area (Å²) in [4.78, 5) is 11.3. The monoisotopic (exact) mass is 279 g/mol. The zero-order chi connectivity index (χ0) is 11.6. The Morgan fingerprint density at radius 3 is 2.73 bits per heavy atom. The van der Waals surface area contributed by atoms with Crippen LogP contribution >= 0.6 is 15.9 Å². The van der Waals surface area contributed by atoms with Gasteiger partial charge in [0.2, 0.25) is 0 Å². The van der Waals surface area contributed by atoms with Crippen molar-refractivity contribution in [2.24, 2.45) is 0 Å². The first-order valence-corrected chi connectivity index (χ1v) is 4.82. The molecule has 6 heteroatoms. The largest absolute Gasteiger partial charge is 0.507 e. The van der Waals surface area contributed by atoms with E-state index in [-0.39, 0.29) is 6.54 Å². The summed E-state index contributed by atoms with van der Waals surface area (Å²) >= 11 is 2.65. The third-order valence-electron chi connectivity index (χ3n) is 1.76. The Hall–Kier alpha value is -1.01. The number of rotatable bonds is 3. The van der Waals surface area contributed by atoms with Crippen LogP contribution in [0.2, 0.25) is 0 Å². The molecule has 1 aromatic rings. The van der Waals surface area contributed by atoms with Gasteiger partial charge in [0.25, 0.3) is 0 Å². The van der Waals surface area contributed by atoms with Gasteiger partial charge in [0, 0.05) is 6.07 Å². The van der Waals surface area contributed by atoms with Gasteiger partial charge in [-0.3, -0.25) is 4.79 Å². The third kappa shape index (κ3) is 2.32. The van der Waals surface area contributed by atoms with Crippen LogP contribution in [-0.4, -0.2) is 24.5 Å². The van der Waals surface area contributed by atoms with Gasteiger partial charge in [-0.1, -0.05) is 0 Å². The molecule has 0 spiro atoms. The molecule has 0 aliphatic rings. The van der Waals surface area contributed by atoms with E-state index < -0.39 is 33.2 Å². The highest BCUT2D eigenvalue weighted by Crippen LogP contribution is 2.29. The number of hydrogen-bond donors (Lipinski definition) is 2. The molecule has 1 rings (SSSR count). The number of carbonyl (C=O) groups excluding carboxylic acids is 1. The smallest absolute Gasteiger partial charge is 0.183 e. The van der Waals surface area contributed by atoms with E-state index in [4.69, 9.17) is 0 Å². The van der Waals surface area contributed by atoms with Crippen LogP contribution in [-0.2, 0) is 0 Å². The van der Waals surface area contributed by atoms with Crippen LogP contribution in [0.25, 0.3) is 0 Å². The lowest BCUT2D eigenvalue weighted by Gasteiger charge is -2.07. The summed E-state index contributed by atoms with van der Waals surface area (Å²) in [5, 5.41) is 11.8. The lowest BCUT2D eigenvalue weighted by atomic mass is 10.1. The van der Waals surface area contributed by atoms with E-state index in [0.717, 1.165) is 0 Å². The van der Waals surface area contributed by atoms with E-state index in [0.29, 0.717) is 6.07 Å². The minimum Gasteiger partial charge on any atom is -0.507 e. The Balaban J connectivity index is 3.29. The molecule has 2 N–H and O–H groups in total. The molecule has 1 aromatic carbocycles. The van der Waals surface area contributed by atoms with Crippen LogP contribution in [0.4, 0.5) is 8.78 Å². The molecule has 82 valence electrons. The lowest BCUT2D eigenvalue weighted by molar-refractivity contribution is 0.0986. The van der Waals surface area contributed by atoms with Gasteiger partial charge in [0.15, 0.2) is 11.6 Å². The van der Waals surface area contributed by atoms with E-state index in [9.17, 15) is 18.7 Å². The second-order valence-corrected chi connectivity index (χ2v) is 3.63. The molecular weight excluding hydrogens is 272 g/mol. The molecule has 0 atom stereocenters. The second kappa shape index (κ2) is 4.67. The first kappa shape index (κ1) is 12.1. The van der Waals surface area contributed by atoms with Crippen LogP contribution in [0, 0.1) is 11.6 Å². The molecule has 0 aliphatic heterocycles. The van der Waals surface area contributed by atoms with Gasteiger partial charge in [-0.25, -0.2) is 8.78 Å². The average Bonchev–Trinajstić information content (AvgIpc) is 2.15. The number of likely N-dealkylation sites (N-methyl/N-ethyl adjacent to an activating group) is 1. The van der Waals surface area contributed by atoms with Gasteiger partial charge in [0.1, 0.15) is 11.6 Å². The van der Waals surface area contributed by atoms with Crippen molar-refractivity contribution in [2.75, 3.05) is 13.6 Å². The maximum Gasteiger partial charge on any atom is 0.183 e. The van der Waals surface area contributed by atoms with Gasteiger partial charge in [-0.05, 0) is 23.0 Å². The molecule has 0 saturated carbocycles. The molecule has 0 heterocycles. The zero-order valence-electron chi connectivity index (χ0n) is 7.77. The Morgan fingerprint density at radius 2 is 2.20 bits per heavy atom. The Morgan fingerprint density at radius 1 is 1.60 bits per heavy atom. The molecule has 0 unspecified atom stereocenters. The van der Waals surface area contributed by atoms with E-state index in [1.54, 1.807) is 0 Å². The molecule has 3 nitrogen and oxygen atoms in total. The Bertz CT molecular complexity index is 410. The minimum absolute atomic E-state index is 0.136. The SMILES string of the molecule is CNCC(=O)c1c(O)cc(F)c(Br)c1F. The number of ketones is 1. The summed E-state index contributed by atoms with van der Waals surface area (Å²) in [6.07, 6.45) is 0. The summed E-state index contributed by atoms with van der Waals surface area (Å²) in [6.45, 7) is -0.136. The first-order chi connectivity index (χ1) is 6.99. The molecule has 0 aromatic heterocycles. The van der Waals surface area contributed by atoms with Crippen molar-refractivity contribution in [1.82, 2.24) is 5.32 Å². The van der Waals surface area contributed by atoms with Gasteiger partial charge in [-0.2, -0.15) is 0 Å². The average molecular weight is 280 g/mol. The molecule has 15 heavy (non-hydrogen) atoms. The fraction of sp³-hybridized carbons (Fsp3) is 0.222. The maximum absolute atomic E-state index is 13.4. The number of halogens is 3. The summed E-state index contributed by atoms with van der Waals surface area (Å²) < 4.78 is 25.8. The summed E-state index contributed by atoms with van der Waals surface area (Å²) in [5.41, 5.74) is -0.516. The van der Waals surface area contributed by atoms with Crippen LogP contribution < -0.4 is 5.32 Å². The van der Waals surface area contributed by atoms with E-state index in [2.05, 4.69) is 21.2 Å². The summed E-state index contributed by atoms with van der Waals surface area (Å²) in [7, 11) is 1.51. The molecule has 0 fully saturated rings. The fourth-order valence-electron chi connectivity index (χ4n) is 1.10. The lowest BCUT2D eigenvalue weighted by Crippen LogP contribution is -2.20. The van der Waals surface area contributed by atoms with Crippen molar-refractivity contribution >= 4 is 21.7 Å². The Kier molecular flexibility index (Phi) is 3.76. The number of hydrogen-bond acceptors (Lipinski definition) is 3. The van der Waals surface area contributed by atoms with Crippen molar-refractivity contribution in [3.63, 3.8) is 0 Å². The van der Waals surface area contributed by atoms with Crippen molar-refractivity contribution in [3.05, 3.63) is 27.7 Å². The van der Waals surface area contributed by atoms with Crippen molar-refractivity contribution in [3.8, 4) is 5.75 Å². The summed E-state index contributed by atoms with van der Waals surface area (Å²) in [5.74, 6) is -3.39. The highest BCUT2D eigenvalue weighted by atomic mass is 79.9. The maximum atomic E-state index is 13.4. The molecular formula is C9H8BrF2NO2.